The average molecular weight is 455 g/mol. The second kappa shape index (κ2) is 8.15. The SMILES string of the molecule is COc1ccc([N+](=O)[O-])cc1NC(=O)C(C)Nc1ccc(C)c(I)c1. The topological polar surface area (TPSA) is 93.5 Å². The zero-order valence-corrected chi connectivity index (χ0v) is 16.2. The van der Waals surface area contributed by atoms with E-state index in [2.05, 4.69) is 33.2 Å². The van der Waals surface area contributed by atoms with Crippen molar-refractivity contribution in [3.8, 4) is 5.75 Å². The number of carbonyl (C=O) groups is 1. The molecule has 1 amide bonds. The number of anilines is 2. The number of halogens is 1. The maximum absolute atomic E-state index is 12.4. The molecule has 0 radical (unpaired) electrons. The van der Waals surface area contributed by atoms with Gasteiger partial charge in [0.15, 0.2) is 0 Å². The number of aryl methyl sites for hydroxylation is 1. The predicted octanol–water partition coefficient (Wildman–Crippen LogP) is 3.96. The third kappa shape index (κ3) is 4.81. The van der Waals surface area contributed by atoms with Gasteiger partial charge in [0.2, 0.25) is 5.91 Å². The van der Waals surface area contributed by atoms with Crippen LogP contribution in [0.4, 0.5) is 17.1 Å². The Hall–Kier alpha value is -2.36. The van der Waals surface area contributed by atoms with Gasteiger partial charge in [-0.2, -0.15) is 0 Å². The second-order valence-electron chi connectivity index (χ2n) is 5.46. The van der Waals surface area contributed by atoms with Crippen LogP contribution in [-0.4, -0.2) is 24.0 Å². The molecule has 8 heteroatoms. The van der Waals surface area contributed by atoms with Crippen molar-refractivity contribution in [1.29, 1.82) is 0 Å². The van der Waals surface area contributed by atoms with Crippen LogP contribution in [0.25, 0.3) is 0 Å². The van der Waals surface area contributed by atoms with Crippen molar-refractivity contribution < 1.29 is 14.5 Å². The molecule has 0 heterocycles. The maximum atomic E-state index is 12.4. The molecule has 2 aromatic carbocycles. The van der Waals surface area contributed by atoms with Crippen LogP contribution in [-0.2, 0) is 4.79 Å². The molecule has 1 unspecified atom stereocenters. The molecule has 0 aromatic heterocycles. The van der Waals surface area contributed by atoms with Crippen molar-refractivity contribution in [2.75, 3.05) is 17.7 Å². The number of methoxy groups -OCH3 is 1. The molecule has 0 aliphatic heterocycles. The lowest BCUT2D eigenvalue weighted by molar-refractivity contribution is -0.384. The van der Waals surface area contributed by atoms with Crippen molar-refractivity contribution in [2.45, 2.75) is 19.9 Å². The van der Waals surface area contributed by atoms with Gasteiger partial charge in [-0.15, -0.1) is 0 Å². The third-order valence-electron chi connectivity index (χ3n) is 3.60. The zero-order valence-electron chi connectivity index (χ0n) is 14.0. The first kappa shape index (κ1) is 19.0. The summed E-state index contributed by atoms with van der Waals surface area (Å²) in [6.07, 6.45) is 0. The number of ether oxygens (including phenoxy) is 1. The summed E-state index contributed by atoms with van der Waals surface area (Å²) < 4.78 is 6.24. The lowest BCUT2D eigenvalue weighted by atomic mass is 10.2. The first-order valence-electron chi connectivity index (χ1n) is 7.48. The van der Waals surface area contributed by atoms with Crippen LogP contribution in [0.1, 0.15) is 12.5 Å². The molecule has 1 atom stereocenters. The summed E-state index contributed by atoms with van der Waals surface area (Å²) in [5.41, 5.74) is 2.12. The number of nitrogens with zero attached hydrogens (tertiary/aromatic N) is 1. The van der Waals surface area contributed by atoms with Crippen LogP contribution in [0.3, 0.4) is 0 Å². The fourth-order valence-corrected chi connectivity index (χ4v) is 2.66. The Kier molecular flexibility index (Phi) is 6.18. The minimum Gasteiger partial charge on any atom is -0.495 e. The number of rotatable bonds is 6. The summed E-state index contributed by atoms with van der Waals surface area (Å²) in [5, 5.41) is 16.7. The molecular weight excluding hydrogens is 437 g/mol. The highest BCUT2D eigenvalue weighted by atomic mass is 127. The number of non-ortho nitro benzene ring substituents is 1. The Balaban J connectivity index is 2.13. The van der Waals surface area contributed by atoms with E-state index in [1.807, 2.05) is 25.1 Å². The van der Waals surface area contributed by atoms with Crippen molar-refractivity contribution in [1.82, 2.24) is 0 Å². The van der Waals surface area contributed by atoms with Gasteiger partial charge in [0, 0.05) is 21.4 Å². The van der Waals surface area contributed by atoms with E-state index in [0.717, 1.165) is 14.8 Å². The van der Waals surface area contributed by atoms with Gasteiger partial charge in [0.25, 0.3) is 5.69 Å². The molecule has 0 spiro atoms. The van der Waals surface area contributed by atoms with Crippen LogP contribution < -0.4 is 15.4 Å². The van der Waals surface area contributed by atoms with Crippen LogP contribution in [0.2, 0.25) is 0 Å². The van der Waals surface area contributed by atoms with E-state index in [-0.39, 0.29) is 17.3 Å². The molecule has 132 valence electrons. The lowest BCUT2D eigenvalue weighted by Crippen LogP contribution is -2.32. The minimum absolute atomic E-state index is 0.121. The highest BCUT2D eigenvalue weighted by Gasteiger charge is 2.17. The number of amides is 1. The van der Waals surface area contributed by atoms with Gasteiger partial charge >= 0.3 is 0 Å². The Morgan fingerprint density at radius 2 is 2.00 bits per heavy atom. The van der Waals surface area contributed by atoms with E-state index in [9.17, 15) is 14.9 Å². The summed E-state index contributed by atoms with van der Waals surface area (Å²) in [5.74, 6) is 0.0328. The van der Waals surface area contributed by atoms with E-state index in [1.165, 1.54) is 25.3 Å². The molecule has 2 N–H and O–H groups in total. The Morgan fingerprint density at radius 1 is 1.28 bits per heavy atom. The number of hydrogen-bond acceptors (Lipinski definition) is 5. The Bertz CT molecular complexity index is 810. The van der Waals surface area contributed by atoms with Crippen molar-refractivity contribution in [3.63, 3.8) is 0 Å². The molecule has 0 fully saturated rings. The summed E-state index contributed by atoms with van der Waals surface area (Å²) in [6.45, 7) is 3.72. The van der Waals surface area contributed by atoms with Crippen molar-refractivity contribution in [2.24, 2.45) is 0 Å². The van der Waals surface area contributed by atoms with Gasteiger partial charge in [-0.1, -0.05) is 6.07 Å². The highest BCUT2D eigenvalue weighted by Crippen LogP contribution is 2.29. The van der Waals surface area contributed by atoms with Gasteiger partial charge in [0.05, 0.1) is 17.7 Å². The van der Waals surface area contributed by atoms with Gasteiger partial charge in [-0.3, -0.25) is 14.9 Å². The van der Waals surface area contributed by atoms with E-state index in [4.69, 9.17) is 4.74 Å². The minimum atomic E-state index is -0.539. The third-order valence-corrected chi connectivity index (χ3v) is 4.76. The molecule has 0 saturated heterocycles. The molecule has 0 bridgehead atoms. The number of hydrogen-bond donors (Lipinski definition) is 2. The summed E-state index contributed by atoms with van der Waals surface area (Å²) >= 11 is 2.23. The standard InChI is InChI=1S/C17H18IN3O4/c1-10-4-5-12(8-14(10)18)19-11(2)17(22)20-15-9-13(21(23)24)6-7-16(15)25-3/h4-9,11,19H,1-3H3,(H,20,22). The maximum Gasteiger partial charge on any atom is 0.271 e. The van der Waals surface area contributed by atoms with Crippen molar-refractivity contribution in [3.05, 3.63) is 55.6 Å². The van der Waals surface area contributed by atoms with E-state index >= 15 is 0 Å². The highest BCUT2D eigenvalue weighted by molar-refractivity contribution is 14.1. The van der Waals surface area contributed by atoms with Crippen molar-refractivity contribution >= 4 is 45.6 Å². The number of nitrogens with one attached hydrogen (secondary N) is 2. The molecule has 2 rings (SSSR count). The van der Waals surface area contributed by atoms with Gasteiger partial charge in [-0.05, 0) is 60.2 Å². The van der Waals surface area contributed by atoms with Gasteiger partial charge in [-0.25, -0.2) is 0 Å². The molecule has 0 aliphatic carbocycles. The average Bonchev–Trinajstić information content (AvgIpc) is 2.57. The number of nitro groups is 1. The van der Waals surface area contributed by atoms with E-state index < -0.39 is 11.0 Å². The van der Waals surface area contributed by atoms with Gasteiger partial charge < -0.3 is 15.4 Å². The molecule has 0 saturated carbocycles. The summed E-state index contributed by atoms with van der Waals surface area (Å²) in [6, 6.07) is 9.33. The van der Waals surface area contributed by atoms with Crippen LogP contribution in [0.15, 0.2) is 36.4 Å². The first-order valence-corrected chi connectivity index (χ1v) is 8.55. The van der Waals surface area contributed by atoms with Gasteiger partial charge in [0.1, 0.15) is 11.8 Å². The fraction of sp³-hybridized carbons (Fsp3) is 0.235. The number of nitro benzene ring substituents is 1. The summed E-state index contributed by atoms with van der Waals surface area (Å²) in [4.78, 5) is 22.8. The second-order valence-corrected chi connectivity index (χ2v) is 6.62. The molecular formula is C17H18IN3O4. The molecule has 2 aromatic rings. The largest absolute Gasteiger partial charge is 0.495 e. The normalized spacial score (nSPS) is 11.5. The van der Waals surface area contributed by atoms with Crippen LogP contribution >= 0.6 is 22.6 Å². The van der Waals surface area contributed by atoms with Crippen LogP contribution in [0, 0.1) is 20.6 Å². The molecule has 0 aliphatic rings. The Morgan fingerprint density at radius 3 is 2.60 bits per heavy atom. The van der Waals surface area contributed by atoms with E-state index in [1.54, 1.807) is 6.92 Å². The quantitative estimate of drug-likeness (QED) is 0.391. The van der Waals surface area contributed by atoms with E-state index in [0.29, 0.717) is 5.75 Å². The number of benzene rings is 2. The number of carbonyl (C=O) groups excluding carboxylic acids is 1. The Labute approximate surface area is 159 Å². The zero-order chi connectivity index (χ0) is 18.6. The lowest BCUT2D eigenvalue weighted by Gasteiger charge is -2.17. The fourth-order valence-electron chi connectivity index (χ4n) is 2.15. The van der Waals surface area contributed by atoms with Crippen LogP contribution in [0.5, 0.6) is 5.75 Å². The monoisotopic (exact) mass is 455 g/mol. The first-order chi connectivity index (χ1) is 11.8. The smallest absolute Gasteiger partial charge is 0.271 e. The molecule has 25 heavy (non-hydrogen) atoms. The molecule has 7 nitrogen and oxygen atoms in total. The summed E-state index contributed by atoms with van der Waals surface area (Å²) in [7, 11) is 1.44. The predicted molar refractivity (Wildman–Crippen MR) is 105 cm³/mol.